The van der Waals surface area contributed by atoms with Gasteiger partial charge < -0.3 is 21.7 Å². The van der Waals surface area contributed by atoms with Gasteiger partial charge in [-0.15, -0.1) is 0 Å². The highest BCUT2D eigenvalue weighted by Crippen LogP contribution is 2.26. The van der Waals surface area contributed by atoms with Gasteiger partial charge in [-0.05, 0) is 19.8 Å². The van der Waals surface area contributed by atoms with E-state index in [1.807, 2.05) is 0 Å². The highest BCUT2D eigenvalue weighted by atomic mass is 16.4. The average molecular weight is 218 g/mol. The predicted octanol–water partition coefficient (Wildman–Crippen LogP) is -0.239. The Labute approximate surface area is 88.3 Å². The molecule has 1 unspecified atom stereocenters. The average Bonchev–Trinajstić information content (AvgIpc) is 2.54. The van der Waals surface area contributed by atoms with Crippen LogP contribution in [0.3, 0.4) is 0 Å². The van der Waals surface area contributed by atoms with E-state index in [4.69, 9.17) is 21.7 Å². The Morgan fingerprint density at radius 1 is 1.27 bits per heavy atom. The molecule has 0 aromatic carbocycles. The van der Waals surface area contributed by atoms with E-state index in [-0.39, 0.29) is 0 Å². The zero-order valence-corrected chi connectivity index (χ0v) is 8.77. The number of aliphatic carboxylic acids is 2. The van der Waals surface area contributed by atoms with Crippen LogP contribution in [0.5, 0.6) is 0 Å². The van der Waals surface area contributed by atoms with Gasteiger partial charge in [-0.2, -0.15) is 0 Å². The SMILES string of the molecule is CC(N)C(=O)O.NC1(C(=O)O)CCCC1. The van der Waals surface area contributed by atoms with E-state index < -0.39 is 23.5 Å². The van der Waals surface area contributed by atoms with Crippen molar-refractivity contribution in [2.45, 2.75) is 44.2 Å². The van der Waals surface area contributed by atoms with E-state index in [0.29, 0.717) is 12.8 Å². The summed E-state index contributed by atoms with van der Waals surface area (Å²) in [4.78, 5) is 20.0. The molecule has 0 amide bonds. The molecular weight excluding hydrogens is 200 g/mol. The number of carboxylic acids is 2. The van der Waals surface area contributed by atoms with Crippen LogP contribution in [-0.2, 0) is 9.59 Å². The van der Waals surface area contributed by atoms with E-state index in [2.05, 4.69) is 0 Å². The first-order chi connectivity index (χ1) is 6.79. The minimum absolute atomic E-state index is 0.641. The smallest absolute Gasteiger partial charge is 0.323 e. The second-order valence-electron chi connectivity index (χ2n) is 3.80. The third kappa shape index (κ3) is 4.75. The molecule has 6 N–H and O–H groups in total. The van der Waals surface area contributed by atoms with Crippen molar-refractivity contribution in [3.8, 4) is 0 Å². The fraction of sp³-hybridized carbons (Fsp3) is 0.778. The molecule has 0 heterocycles. The van der Waals surface area contributed by atoms with Crippen LogP contribution in [0.2, 0.25) is 0 Å². The van der Waals surface area contributed by atoms with Gasteiger partial charge in [0.2, 0.25) is 0 Å². The number of nitrogens with two attached hydrogens (primary N) is 2. The molecule has 0 aromatic rings. The molecule has 6 nitrogen and oxygen atoms in total. The molecule has 15 heavy (non-hydrogen) atoms. The number of carboxylic acid groups (broad SMARTS) is 2. The molecule has 1 fully saturated rings. The van der Waals surface area contributed by atoms with Crippen molar-refractivity contribution in [1.82, 2.24) is 0 Å². The van der Waals surface area contributed by atoms with Crippen molar-refractivity contribution in [3.05, 3.63) is 0 Å². The first-order valence-electron chi connectivity index (χ1n) is 4.80. The van der Waals surface area contributed by atoms with Crippen molar-refractivity contribution >= 4 is 11.9 Å². The molecule has 1 aliphatic carbocycles. The highest BCUT2D eigenvalue weighted by molar-refractivity contribution is 5.78. The van der Waals surface area contributed by atoms with Crippen molar-refractivity contribution in [2.75, 3.05) is 0 Å². The summed E-state index contributed by atoms with van der Waals surface area (Å²) in [6.45, 7) is 1.42. The zero-order chi connectivity index (χ0) is 12.1. The Morgan fingerprint density at radius 3 is 1.73 bits per heavy atom. The normalized spacial score (nSPS) is 19.9. The van der Waals surface area contributed by atoms with Crippen LogP contribution in [0, 0.1) is 0 Å². The summed E-state index contributed by atoms with van der Waals surface area (Å²) in [7, 11) is 0. The lowest BCUT2D eigenvalue weighted by atomic mass is 10.0. The van der Waals surface area contributed by atoms with Crippen LogP contribution >= 0.6 is 0 Å². The van der Waals surface area contributed by atoms with Gasteiger partial charge in [-0.25, -0.2) is 0 Å². The molecule has 0 aromatic heterocycles. The molecule has 1 aliphatic rings. The van der Waals surface area contributed by atoms with Gasteiger partial charge in [0.15, 0.2) is 0 Å². The highest BCUT2D eigenvalue weighted by Gasteiger charge is 2.36. The maximum atomic E-state index is 10.4. The summed E-state index contributed by atoms with van der Waals surface area (Å²) >= 11 is 0. The maximum Gasteiger partial charge on any atom is 0.323 e. The number of rotatable bonds is 2. The Balaban J connectivity index is 0.000000288. The van der Waals surface area contributed by atoms with Crippen LogP contribution in [-0.4, -0.2) is 33.7 Å². The lowest BCUT2D eigenvalue weighted by Crippen LogP contribution is -2.44. The van der Waals surface area contributed by atoms with Crippen LogP contribution in [0.4, 0.5) is 0 Å². The molecular formula is C9H18N2O4. The van der Waals surface area contributed by atoms with Crippen molar-refractivity contribution < 1.29 is 19.8 Å². The number of hydrogen-bond donors (Lipinski definition) is 4. The molecule has 1 rings (SSSR count). The Morgan fingerprint density at radius 2 is 1.60 bits per heavy atom. The van der Waals surface area contributed by atoms with Gasteiger partial charge in [-0.1, -0.05) is 12.8 Å². The Kier molecular flexibility index (Phi) is 5.24. The molecule has 0 spiro atoms. The third-order valence-electron chi connectivity index (χ3n) is 2.31. The lowest BCUT2D eigenvalue weighted by Gasteiger charge is -2.15. The molecule has 88 valence electrons. The maximum absolute atomic E-state index is 10.4. The fourth-order valence-corrected chi connectivity index (χ4v) is 1.22. The van der Waals surface area contributed by atoms with Gasteiger partial charge in [0.1, 0.15) is 11.6 Å². The summed E-state index contributed by atoms with van der Waals surface area (Å²) in [5.74, 6) is -1.81. The van der Waals surface area contributed by atoms with Crippen LogP contribution in [0.15, 0.2) is 0 Å². The van der Waals surface area contributed by atoms with Gasteiger partial charge in [-0.3, -0.25) is 9.59 Å². The first kappa shape index (κ1) is 13.9. The molecule has 0 radical (unpaired) electrons. The van der Waals surface area contributed by atoms with Crippen molar-refractivity contribution in [1.29, 1.82) is 0 Å². The molecule has 0 aliphatic heterocycles. The second-order valence-corrected chi connectivity index (χ2v) is 3.80. The molecule has 1 saturated carbocycles. The molecule has 0 saturated heterocycles. The monoisotopic (exact) mass is 218 g/mol. The van der Waals surface area contributed by atoms with Gasteiger partial charge in [0, 0.05) is 0 Å². The second kappa shape index (κ2) is 5.67. The largest absolute Gasteiger partial charge is 0.480 e. The summed E-state index contributed by atoms with van der Waals surface area (Å²) in [6.07, 6.45) is 3.20. The van der Waals surface area contributed by atoms with Gasteiger partial charge in [0.05, 0.1) is 0 Å². The number of carbonyl (C=O) groups is 2. The van der Waals surface area contributed by atoms with Gasteiger partial charge >= 0.3 is 11.9 Å². The zero-order valence-electron chi connectivity index (χ0n) is 8.77. The fourth-order valence-electron chi connectivity index (χ4n) is 1.22. The predicted molar refractivity (Wildman–Crippen MR) is 54.3 cm³/mol. The Bertz CT molecular complexity index is 234. The summed E-state index contributed by atoms with van der Waals surface area (Å²) in [6, 6.07) is -0.731. The van der Waals surface area contributed by atoms with E-state index in [0.717, 1.165) is 12.8 Å². The first-order valence-corrected chi connectivity index (χ1v) is 4.80. The van der Waals surface area contributed by atoms with Crippen LogP contribution in [0.25, 0.3) is 0 Å². The van der Waals surface area contributed by atoms with Crippen LogP contribution in [0.1, 0.15) is 32.6 Å². The van der Waals surface area contributed by atoms with E-state index in [1.165, 1.54) is 6.92 Å². The van der Waals surface area contributed by atoms with Gasteiger partial charge in [0.25, 0.3) is 0 Å². The van der Waals surface area contributed by atoms with Crippen molar-refractivity contribution in [3.63, 3.8) is 0 Å². The minimum Gasteiger partial charge on any atom is -0.480 e. The summed E-state index contributed by atoms with van der Waals surface area (Å²) in [5, 5.41) is 16.4. The van der Waals surface area contributed by atoms with Crippen molar-refractivity contribution in [2.24, 2.45) is 11.5 Å². The minimum atomic E-state index is -0.963. The summed E-state index contributed by atoms with van der Waals surface area (Å²) in [5.41, 5.74) is 9.45. The van der Waals surface area contributed by atoms with E-state index >= 15 is 0 Å². The van der Waals surface area contributed by atoms with E-state index in [9.17, 15) is 9.59 Å². The van der Waals surface area contributed by atoms with Crippen LogP contribution < -0.4 is 11.5 Å². The Hall–Kier alpha value is -1.14. The summed E-state index contributed by atoms with van der Waals surface area (Å²) < 4.78 is 0. The molecule has 6 heteroatoms. The molecule has 0 bridgehead atoms. The quantitative estimate of drug-likeness (QED) is 0.506. The topological polar surface area (TPSA) is 127 Å². The number of hydrogen-bond acceptors (Lipinski definition) is 4. The van der Waals surface area contributed by atoms with E-state index in [1.54, 1.807) is 0 Å². The lowest BCUT2D eigenvalue weighted by molar-refractivity contribution is -0.143. The molecule has 1 atom stereocenters. The third-order valence-corrected chi connectivity index (χ3v) is 2.31. The standard InChI is InChI=1S/C6H11NO2.C3H7NO2/c7-6(5(8)9)3-1-2-4-6;1-2(4)3(5)6/h1-4,7H2,(H,8,9);2H,4H2,1H3,(H,5,6).